The molecule has 0 aliphatic carbocycles. The summed E-state index contributed by atoms with van der Waals surface area (Å²) in [6.45, 7) is 10.2. The minimum absolute atomic E-state index is 0.0137. The number of carbonyl (C=O) groups excluding carboxylic acids is 1. The zero-order chi connectivity index (χ0) is 13.3. The largest absolute Gasteiger partial charge is 0.381 e. The second kappa shape index (κ2) is 5.57. The highest BCUT2D eigenvalue weighted by atomic mass is 16.5. The standard InChI is InChI=1S/C14H26N2O2/c1-9(2)12-14(17)16(13(15-12)10(3)4)11-5-7-18-8-6-11/h9-13,15H,5-8H2,1-4H3. The lowest BCUT2D eigenvalue weighted by molar-refractivity contribution is -0.135. The summed E-state index contributed by atoms with van der Waals surface area (Å²) in [7, 11) is 0. The van der Waals surface area contributed by atoms with E-state index in [1.165, 1.54) is 0 Å². The number of rotatable bonds is 3. The van der Waals surface area contributed by atoms with Gasteiger partial charge in [-0.05, 0) is 24.7 Å². The first-order chi connectivity index (χ1) is 8.52. The molecule has 0 aromatic rings. The Bertz CT molecular complexity index is 298. The maximum atomic E-state index is 12.6. The Balaban J connectivity index is 2.15. The van der Waals surface area contributed by atoms with E-state index in [4.69, 9.17) is 4.74 Å². The van der Waals surface area contributed by atoms with Crippen LogP contribution in [0.1, 0.15) is 40.5 Å². The summed E-state index contributed by atoms with van der Waals surface area (Å²) in [6, 6.07) is 0.343. The lowest BCUT2D eigenvalue weighted by Gasteiger charge is -2.36. The lowest BCUT2D eigenvalue weighted by atomic mass is 10.0. The predicted octanol–water partition coefficient (Wildman–Crippen LogP) is 1.60. The Labute approximate surface area is 110 Å². The van der Waals surface area contributed by atoms with Crippen molar-refractivity contribution in [2.45, 2.75) is 58.8 Å². The average molecular weight is 254 g/mol. The first-order valence-corrected chi connectivity index (χ1v) is 7.18. The van der Waals surface area contributed by atoms with Crippen LogP contribution in [0.3, 0.4) is 0 Å². The van der Waals surface area contributed by atoms with E-state index in [9.17, 15) is 4.79 Å². The van der Waals surface area contributed by atoms with Crippen LogP contribution in [0, 0.1) is 11.8 Å². The van der Waals surface area contributed by atoms with Crippen LogP contribution in [0.25, 0.3) is 0 Å². The van der Waals surface area contributed by atoms with E-state index in [2.05, 4.69) is 37.9 Å². The molecular weight excluding hydrogens is 228 g/mol. The van der Waals surface area contributed by atoms with Crippen molar-refractivity contribution in [1.29, 1.82) is 0 Å². The third-order valence-electron chi connectivity index (χ3n) is 4.05. The first-order valence-electron chi connectivity index (χ1n) is 7.18. The quantitative estimate of drug-likeness (QED) is 0.832. The van der Waals surface area contributed by atoms with E-state index in [-0.39, 0.29) is 18.1 Å². The summed E-state index contributed by atoms with van der Waals surface area (Å²) in [4.78, 5) is 14.7. The van der Waals surface area contributed by atoms with Crippen molar-refractivity contribution in [3.63, 3.8) is 0 Å². The number of nitrogens with zero attached hydrogens (tertiary/aromatic N) is 1. The number of ether oxygens (including phenoxy) is 1. The number of hydrogen-bond acceptors (Lipinski definition) is 3. The molecule has 2 fully saturated rings. The van der Waals surface area contributed by atoms with Crippen molar-refractivity contribution in [2.75, 3.05) is 13.2 Å². The van der Waals surface area contributed by atoms with Gasteiger partial charge in [0.15, 0.2) is 0 Å². The van der Waals surface area contributed by atoms with Crippen LogP contribution in [0.15, 0.2) is 0 Å². The van der Waals surface area contributed by atoms with Gasteiger partial charge >= 0.3 is 0 Å². The summed E-state index contributed by atoms with van der Waals surface area (Å²) in [5, 5.41) is 3.52. The van der Waals surface area contributed by atoms with Gasteiger partial charge in [-0.2, -0.15) is 0 Å². The highest BCUT2D eigenvalue weighted by molar-refractivity contribution is 5.85. The van der Waals surface area contributed by atoms with E-state index in [1.54, 1.807) is 0 Å². The van der Waals surface area contributed by atoms with Crippen LogP contribution >= 0.6 is 0 Å². The summed E-state index contributed by atoms with van der Waals surface area (Å²) in [5.74, 6) is 1.08. The van der Waals surface area contributed by atoms with Crippen molar-refractivity contribution >= 4 is 5.91 Å². The summed E-state index contributed by atoms with van der Waals surface area (Å²) < 4.78 is 5.41. The molecule has 4 nitrogen and oxygen atoms in total. The second-order valence-corrected chi connectivity index (χ2v) is 6.17. The van der Waals surface area contributed by atoms with Gasteiger partial charge in [0.2, 0.25) is 5.91 Å². The van der Waals surface area contributed by atoms with Gasteiger partial charge in [-0.3, -0.25) is 10.1 Å². The smallest absolute Gasteiger partial charge is 0.241 e. The number of amides is 1. The molecule has 2 aliphatic heterocycles. The summed E-state index contributed by atoms with van der Waals surface area (Å²) in [5.41, 5.74) is 0. The molecule has 2 heterocycles. The SMILES string of the molecule is CC(C)C1NC(C(C)C)N(C2CCOCC2)C1=O. The molecule has 1 amide bonds. The van der Waals surface area contributed by atoms with Crippen LogP contribution in [0.4, 0.5) is 0 Å². The van der Waals surface area contributed by atoms with Crippen LogP contribution in [0.2, 0.25) is 0 Å². The third kappa shape index (κ3) is 2.54. The fourth-order valence-corrected chi connectivity index (χ4v) is 2.99. The van der Waals surface area contributed by atoms with Gasteiger partial charge in [0.25, 0.3) is 0 Å². The molecule has 0 aromatic carbocycles. The molecule has 0 bridgehead atoms. The Morgan fingerprint density at radius 3 is 2.28 bits per heavy atom. The molecule has 2 atom stereocenters. The Kier molecular flexibility index (Phi) is 4.28. The maximum absolute atomic E-state index is 12.6. The third-order valence-corrected chi connectivity index (χ3v) is 4.05. The minimum atomic E-state index is -0.0137. The van der Waals surface area contributed by atoms with Crippen molar-refractivity contribution in [1.82, 2.24) is 10.2 Å². The molecular formula is C14H26N2O2. The van der Waals surface area contributed by atoms with E-state index in [1.807, 2.05) is 0 Å². The Hall–Kier alpha value is -0.610. The molecule has 1 N–H and O–H groups in total. The highest BCUT2D eigenvalue weighted by Gasteiger charge is 2.44. The highest BCUT2D eigenvalue weighted by Crippen LogP contribution is 2.27. The molecule has 4 heteroatoms. The van der Waals surface area contributed by atoms with E-state index in [0.29, 0.717) is 17.9 Å². The van der Waals surface area contributed by atoms with E-state index in [0.717, 1.165) is 26.1 Å². The Morgan fingerprint density at radius 1 is 1.17 bits per heavy atom. The molecule has 0 aromatic heterocycles. The molecule has 0 saturated carbocycles. The van der Waals surface area contributed by atoms with Gasteiger partial charge in [0.1, 0.15) is 0 Å². The molecule has 104 valence electrons. The van der Waals surface area contributed by atoms with Gasteiger partial charge in [0, 0.05) is 19.3 Å². The fraction of sp³-hybridized carbons (Fsp3) is 0.929. The van der Waals surface area contributed by atoms with E-state index >= 15 is 0 Å². The van der Waals surface area contributed by atoms with Crippen molar-refractivity contribution in [2.24, 2.45) is 11.8 Å². The normalized spacial score (nSPS) is 30.8. The maximum Gasteiger partial charge on any atom is 0.241 e. The van der Waals surface area contributed by atoms with E-state index < -0.39 is 0 Å². The molecule has 18 heavy (non-hydrogen) atoms. The lowest BCUT2D eigenvalue weighted by Crippen LogP contribution is -2.49. The van der Waals surface area contributed by atoms with Crippen LogP contribution in [-0.4, -0.2) is 42.3 Å². The van der Waals surface area contributed by atoms with Gasteiger partial charge in [-0.15, -0.1) is 0 Å². The minimum Gasteiger partial charge on any atom is -0.381 e. The van der Waals surface area contributed by atoms with Crippen LogP contribution in [0.5, 0.6) is 0 Å². The molecule has 0 spiro atoms. The number of hydrogen-bond donors (Lipinski definition) is 1. The van der Waals surface area contributed by atoms with Crippen LogP contribution < -0.4 is 5.32 Å². The van der Waals surface area contributed by atoms with Gasteiger partial charge in [-0.1, -0.05) is 27.7 Å². The molecule has 2 unspecified atom stereocenters. The number of carbonyl (C=O) groups is 1. The zero-order valence-electron chi connectivity index (χ0n) is 12.0. The Morgan fingerprint density at radius 2 is 1.78 bits per heavy atom. The summed E-state index contributed by atoms with van der Waals surface area (Å²) >= 11 is 0. The molecule has 2 saturated heterocycles. The number of nitrogens with one attached hydrogen (secondary N) is 1. The van der Waals surface area contributed by atoms with Crippen molar-refractivity contribution < 1.29 is 9.53 Å². The molecule has 0 radical (unpaired) electrons. The summed E-state index contributed by atoms with van der Waals surface area (Å²) in [6.07, 6.45) is 2.14. The monoisotopic (exact) mass is 254 g/mol. The van der Waals surface area contributed by atoms with Gasteiger partial charge in [-0.25, -0.2) is 0 Å². The van der Waals surface area contributed by atoms with Gasteiger partial charge < -0.3 is 9.64 Å². The van der Waals surface area contributed by atoms with Gasteiger partial charge in [0.05, 0.1) is 12.2 Å². The first kappa shape index (κ1) is 13.8. The second-order valence-electron chi connectivity index (χ2n) is 6.17. The predicted molar refractivity (Wildman–Crippen MR) is 71.1 cm³/mol. The zero-order valence-corrected chi connectivity index (χ0v) is 12.0. The van der Waals surface area contributed by atoms with Crippen LogP contribution in [-0.2, 0) is 9.53 Å². The average Bonchev–Trinajstić information content (AvgIpc) is 2.68. The topological polar surface area (TPSA) is 41.6 Å². The molecule has 2 aliphatic rings. The molecule has 2 rings (SSSR count). The van der Waals surface area contributed by atoms with Crippen molar-refractivity contribution in [3.05, 3.63) is 0 Å². The van der Waals surface area contributed by atoms with Crippen molar-refractivity contribution in [3.8, 4) is 0 Å². The fourth-order valence-electron chi connectivity index (χ4n) is 2.99.